The number of aliphatic hydroxyl groups excluding tert-OH is 2. The summed E-state index contributed by atoms with van der Waals surface area (Å²) in [6, 6.07) is 10.2. The van der Waals surface area contributed by atoms with Crippen LogP contribution < -0.4 is 15.2 Å². The van der Waals surface area contributed by atoms with Crippen molar-refractivity contribution in [2.24, 2.45) is 28.6 Å². The van der Waals surface area contributed by atoms with E-state index in [1.54, 1.807) is 36.4 Å². The van der Waals surface area contributed by atoms with Gasteiger partial charge in [0.2, 0.25) is 0 Å². The fourth-order valence-corrected chi connectivity index (χ4v) is 9.70. The van der Waals surface area contributed by atoms with Crippen LogP contribution in [0.5, 0.6) is 11.5 Å². The molecule has 9 nitrogen and oxygen atoms in total. The van der Waals surface area contributed by atoms with Gasteiger partial charge in [-0.3, -0.25) is 9.59 Å². The maximum Gasteiger partial charge on any atom is 0.193 e. The summed E-state index contributed by atoms with van der Waals surface area (Å²) >= 11 is 0. The molecule has 5 aliphatic rings. The number of ketones is 2. The molecule has 9 atom stereocenters. The third kappa shape index (κ3) is 4.26. The van der Waals surface area contributed by atoms with E-state index in [-0.39, 0.29) is 53.6 Å². The van der Waals surface area contributed by atoms with Crippen molar-refractivity contribution in [2.45, 2.75) is 70.2 Å². The molecule has 1 unspecified atom stereocenters. The topological polar surface area (TPSA) is 138 Å². The van der Waals surface area contributed by atoms with E-state index < -0.39 is 53.1 Å². The lowest BCUT2D eigenvalue weighted by molar-refractivity contribution is -0.201. The fraction of sp³-hybridized carbons (Fsp3) is 0.500. The predicted octanol–water partition coefficient (Wildman–Crippen LogP) is 4.60. The zero-order chi connectivity index (χ0) is 32.6. The number of nitrogen functional groups attached to an aromatic ring is 1. The summed E-state index contributed by atoms with van der Waals surface area (Å²) in [4.78, 5) is 26.1. The first-order valence-corrected chi connectivity index (χ1v) is 15.9. The lowest BCUT2D eigenvalue weighted by Gasteiger charge is -2.59. The largest absolute Gasteiger partial charge is 0.496 e. The molecule has 244 valence electrons. The van der Waals surface area contributed by atoms with Crippen molar-refractivity contribution in [3.63, 3.8) is 0 Å². The van der Waals surface area contributed by atoms with Crippen LogP contribution in [0.3, 0.4) is 0 Å². The number of hydrogen-bond acceptors (Lipinski definition) is 9. The quantitative estimate of drug-likeness (QED) is 0.374. The van der Waals surface area contributed by atoms with E-state index in [1.165, 1.54) is 13.2 Å². The van der Waals surface area contributed by atoms with Crippen LogP contribution in [0.1, 0.15) is 56.9 Å². The monoisotopic (exact) mass is 633 g/mol. The fourth-order valence-electron chi connectivity index (χ4n) is 9.70. The zero-order valence-corrected chi connectivity index (χ0v) is 26.2. The minimum atomic E-state index is -1.63. The molecular weight excluding hydrogens is 593 g/mol. The second-order valence-corrected chi connectivity index (χ2v) is 13.8. The van der Waals surface area contributed by atoms with Crippen molar-refractivity contribution in [2.75, 3.05) is 19.5 Å². The number of carbonyl (C=O) groups is 2. The SMILES string of the molecule is COc1ccc(OCc2ccccc2N)c(F)c1[C@H]1O[C@@H]2C[C@H]3[C@@H]4CCC5=CC(=O)C=C[C@]5(C)C4[C@@H](O)C[C@]3(C)[C@]2(C(=O)CO)O1. The van der Waals surface area contributed by atoms with Crippen molar-refractivity contribution in [1.82, 2.24) is 0 Å². The average Bonchev–Trinajstić information content (AvgIpc) is 3.53. The van der Waals surface area contributed by atoms with Crippen LogP contribution in [0.25, 0.3) is 0 Å². The smallest absolute Gasteiger partial charge is 0.193 e. The normalized spacial score (nSPS) is 37.5. The molecule has 0 aromatic heterocycles. The number of hydrogen-bond donors (Lipinski definition) is 3. The minimum absolute atomic E-state index is 0.00166. The van der Waals surface area contributed by atoms with Gasteiger partial charge in [0.1, 0.15) is 19.0 Å². The number of benzene rings is 2. The van der Waals surface area contributed by atoms with E-state index in [4.69, 9.17) is 24.7 Å². The van der Waals surface area contributed by atoms with Gasteiger partial charge < -0.3 is 34.9 Å². The molecule has 4 N–H and O–H groups in total. The Morgan fingerprint density at radius 2 is 1.93 bits per heavy atom. The first kappa shape index (κ1) is 31.1. The van der Waals surface area contributed by atoms with Gasteiger partial charge in [0, 0.05) is 28.0 Å². The Morgan fingerprint density at radius 3 is 2.67 bits per heavy atom. The molecule has 4 fully saturated rings. The molecule has 46 heavy (non-hydrogen) atoms. The summed E-state index contributed by atoms with van der Waals surface area (Å²) < 4.78 is 40.7. The summed E-state index contributed by atoms with van der Waals surface area (Å²) in [6.07, 6.45) is 4.32. The Hall–Kier alpha value is -3.57. The van der Waals surface area contributed by atoms with E-state index in [0.717, 1.165) is 12.0 Å². The zero-order valence-electron chi connectivity index (χ0n) is 26.2. The summed E-state index contributed by atoms with van der Waals surface area (Å²) in [5.41, 5.74) is 5.17. The van der Waals surface area contributed by atoms with Crippen LogP contribution in [0.4, 0.5) is 10.1 Å². The van der Waals surface area contributed by atoms with E-state index in [9.17, 15) is 19.8 Å². The van der Waals surface area contributed by atoms with Gasteiger partial charge in [-0.05, 0) is 67.9 Å². The molecule has 10 heteroatoms. The second kappa shape index (κ2) is 11.0. The lowest BCUT2D eigenvalue weighted by atomic mass is 9.46. The molecule has 0 radical (unpaired) electrons. The molecular formula is C36H40FNO8. The molecule has 4 aliphatic carbocycles. The molecule has 0 amide bonds. The standard InChI is InChI=1S/C36H40FNO8/c1-34-13-12-21(40)14-20(34)8-9-22-23-15-29-36(28(42)17-39,35(23,2)16-25(41)31(22)34)46-33(45-29)30-26(43-3)10-11-27(32(30)37)44-18-19-6-4-5-7-24(19)38/h4-7,10-14,22-23,25,29,31,33,39,41H,8-9,15-18,38H2,1-3H3/t22-,23-,25-,29+,31?,33-,34-,35-,36+/m0/s1. The van der Waals surface area contributed by atoms with Gasteiger partial charge >= 0.3 is 0 Å². The highest BCUT2D eigenvalue weighted by Gasteiger charge is 2.76. The number of carbonyl (C=O) groups excluding carboxylic acids is 2. The number of nitrogens with two attached hydrogens (primary N) is 1. The predicted molar refractivity (Wildman–Crippen MR) is 165 cm³/mol. The van der Waals surface area contributed by atoms with Gasteiger partial charge in [-0.2, -0.15) is 0 Å². The van der Waals surface area contributed by atoms with Crippen molar-refractivity contribution >= 4 is 17.3 Å². The van der Waals surface area contributed by atoms with E-state index in [0.29, 0.717) is 24.1 Å². The van der Waals surface area contributed by atoms with Crippen LogP contribution in [-0.4, -0.2) is 53.3 Å². The van der Waals surface area contributed by atoms with E-state index in [2.05, 4.69) is 6.92 Å². The number of ether oxygens (including phenoxy) is 4. The number of methoxy groups -OCH3 is 1. The number of Topliss-reactive ketones (excluding diaryl/α,β-unsaturated/α-hetero) is 1. The lowest BCUT2D eigenvalue weighted by Crippen LogP contribution is -2.63. The third-order valence-electron chi connectivity index (χ3n) is 11.8. The molecule has 7 rings (SSSR count). The molecule has 1 aliphatic heterocycles. The highest BCUT2D eigenvalue weighted by molar-refractivity contribution is 6.01. The van der Waals surface area contributed by atoms with Crippen molar-refractivity contribution in [3.05, 3.63) is 77.1 Å². The molecule has 1 saturated heterocycles. The van der Waals surface area contributed by atoms with Gasteiger partial charge in [-0.1, -0.05) is 43.7 Å². The molecule has 1 heterocycles. The highest BCUT2D eigenvalue weighted by Crippen LogP contribution is 2.70. The van der Waals surface area contributed by atoms with Crippen molar-refractivity contribution < 1.29 is 43.1 Å². The van der Waals surface area contributed by atoms with Crippen LogP contribution >= 0.6 is 0 Å². The summed E-state index contributed by atoms with van der Waals surface area (Å²) in [7, 11) is 1.41. The highest BCUT2D eigenvalue weighted by atomic mass is 19.1. The Balaban J connectivity index is 1.23. The number of aliphatic hydroxyl groups is 2. The Kier molecular flexibility index (Phi) is 7.43. The Labute approximate surface area is 267 Å². The average molecular weight is 634 g/mol. The van der Waals surface area contributed by atoms with Gasteiger partial charge in [-0.25, -0.2) is 4.39 Å². The first-order valence-electron chi connectivity index (χ1n) is 15.9. The maximum atomic E-state index is 16.3. The number of fused-ring (bicyclic) bond motifs is 7. The molecule has 2 aromatic rings. The second-order valence-electron chi connectivity index (χ2n) is 13.8. The minimum Gasteiger partial charge on any atom is -0.496 e. The number of rotatable bonds is 7. The van der Waals surface area contributed by atoms with Crippen LogP contribution in [0.15, 0.2) is 60.2 Å². The van der Waals surface area contributed by atoms with E-state index in [1.807, 2.05) is 19.1 Å². The number of para-hydroxylation sites is 1. The molecule has 0 spiro atoms. The number of halogens is 1. The van der Waals surface area contributed by atoms with Gasteiger partial charge in [0.05, 0.1) is 24.9 Å². The van der Waals surface area contributed by atoms with Gasteiger partial charge in [0.15, 0.2) is 35.0 Å². The van der Waals surface area contributed by atoms with Gasteiger partial charge in [0.25, 0.3) is 0 Å². The summed E-state index contributed by atoms with van der Waals surface area (Å²) in [5, 5.41) is 22.2. The van der Waals surface area contributed by atoms with Crippen LogP contribution in [-0.2, 0) is 25.7 Å². The van der Waals surface area contributed by atoms with Crippen LogP contribution in [0.2, 0.25) is 0 Å². The van der Waals surface area contributed by atoms with Crippen LogP contribution in [0, 0.1) is 34.4 Å². The number of anilines is 1. The van der Waals surface area contributed by atoms with E-state index >= 15 is 4.39 Å². The number of allylic oxidation sites excluding steroid dienone is 4. The Morgan fingerprint density at radius 1 is 1.17 bits per heavy atom. The molecule has 3 saturated carbocycles. The molecule has 0 bridgehead atoms. The van der Waals surface area contributed by atoms with Crippen molar-refractivity contribution in [1.29, 1.82) is 0 Å². The first-order chi connectivity index (χ1) is 22.0. The summed E-state index contributed by atoms with van der Waals surface area (Å²) in [5.74, 6) is -1.53. The van der Waals surface area contributed by atoms with Crippen molar-refractivity contribution in [3.8, 4) is 11.5 Å². The van der Waals surface area contributed by atoms with Gasteiger partial charge in [-0.15, -0.1) is 0 Å². The maximum absolute atomic E-state index is 16.3. The summed E-state index contributed by atoms with van der Waals surface area (Å²) in [6.45, 7) is 3.24. The Bertz CT molecular complexity index is 1660. The molecule has 2 aromatic carbocycles. The third-order valence-corrected chi connectivity index (χ3v) is 11.8.